The zero-order valence-corrected chi connectivity index (χ0v) is 23.4. The van der Waals surface area contributed by atoms with E-state index in [1.54, 1.807) is 0 Å². The molecule has 2 aliphatic carbocycles. The molecule has 0 N–H and O–H groups in total. The van der Waals surface area contributed by atoms with E-state index in [1.165, 1.54) is 77.6 Å². The van der Waals surface area contributed by atoms with Crippen LogP contribution in [0.5, 0.6) is 0 Å². The van der Waals surface area contributed by atoms with E-state index in [9.17, 15) is 0 Å². The number of nitrogens with zero attached hydrogens (tertiary/aromatic N) is 2. The molecule has 0 bridgehead atoms. The van der Waals surface area contributed by atoms with Gasteiger partial charge in [0, 0.05) is 33.2 Å². The lowest BCUT2D eigenvalue weighted by atomic mass is 9.97. The molecule has 2 aliphatic rings. The molecule has 0 radical (unpaired) electrons. The first-order valence-corrected chi connectivity index (χ1v) is 15.1. The van der Waals surface area contributed by atoms with E-state index in [-0.39, 0.29) is 0 Å². The highest BCUT2D eigenvalue weighted by Gasteiger charge is 2.24. The maximum absolute atomic E-state index is 2.54. The lowest BCUT2D eigenvalue weighted by molar-refractivity contribution is 0.960. The van der Waals surface area contributed by atoms with Crippen molar-refractivity contribution in [1.82, 2.24) is 9.13 Å². The minimum absolute atomic E-state index is 1.07. The van der Waals surface area contributed by atoms with Gasteiger partial charge in [0.25, 0.3) is 0 Å². The topological polar surface area (TPSA) is 9.86 Å². The molecule has 0 amide bonds. The maximum Gasteiger partial charge on any atom is 0.0788 e. The highest BCUT2D eigenvalue weighted by Crippen LogP contribution is 2.42. The normalized spacial score (nSPS) is 14.1. The first-order chi connectivity index (χ1) is 20.8. The molecule has 2 nitrogen and oxygen atoms in total. The number of fused-ring (bicyclic) bond motifs is 8. The summed E-state index contributed by atoms with van der Waals surface area (Å²) in [6.45, 7) is 0. The molecule has 42 heavy (non-hydrogen) atoms. The van der Waals surface area contributed by atoms with Crippen molar-refractivity contribution in [2.24, 2.45) is 0 Å². The van der Waals surface area contributed by atoms with Crippen molar-refractivity contribution in [2.75, 3.05) is 0 Å². The average Bonchev–Trinajstić information content (AvgIpc) is 3.58. The Bertz CT molecular complexity index is 2220. The first kappa shape index (κ1) is 23.6. The number of para-hydroxylation sites is 1. The lowest BCUT2D eigenvalue weighted by Crippen LogP contribution is -2.03. The van der Waals surface area contributed by atoms with Crippen molar-refractivity contribution in [3.63, 3.8) is 0 Å². The lowest BCUT2D eigenvalue weighted by Gasteiger charge is -2.17. The molecule has 7 aromatic rings. The van der Waals surface area contributed by atoms with Gasteiger partial charge >= 0.3 is 0 Å². The van der Waals surface area contributed by atoms with E-state index in [2.05, 4.69) is 143 Å². The minimum Gasteiger partial charge on any atom is -0.308 e. The Labute approximate surface area is 245 Å². The van der Waals surface area contributed by atoms with E-state index in [0.717, 1.165) is 25.7 Å². The predicted molar refractivity (Wildman–Crippen MR) is 178 cm³/mol. The van der Waals surface area contributed by atoms with Crippen LogP contribution in [0.15, 0.2) is 121 Å². The van der Waals surface area contributed by atoms with E-state index in [0.29, 0.717) is 0 Å². The average molecular weight is 539 g/mol. The number of aryl methyl sites for hydroxylation is 2. The smallest absolute Gasteiger partial charge is 0.0788 e. The molecule has 5 aromatic carbocycles. The molecular weight excluding hydrogens is 508 g/mol. The highest BCUT2D eigenvalue weighted by molar-refractivity contribution is 6.19. The Morgan fingerprint density at radius 1 is 0.500 bits per heavy atom. The standard InChI is InChI=1S/C40H30N2/c1-2-10-27(11-3-1)29-18-21-31(22-19-29)41-37-16-8-6-14-33(37)35-24-25-36-34-15-7-9-17-38(34)42(40(36)39(35)41)32-23-20-28-12-4-5-13-30(28)26-32/h1-3,5-6,8-11,13-14,16-26H,4,7,12,15H2. The van der Waals surface area contributed by atoms with Gasteiger partial charge in [-0.2, -0.15) is 0 Å². The summed E-state index contributed by atoms with van der Waals surface area (Å²) in [6.07, 6.45) is 13.7. The number of benzene rings is 5. The van der Waals surface area contributed by atoms with Crippen LogP contribution in [0, 0.1) is 0 Å². The van der Waals surface area contributed by atoms with E-state index < -0.39 is 0 Å². The van der Waals surface area contributed by atoms with E-state index >= 15 is 0 Å². The minimum atomic E-state index is 1.07. The first-order valence-electron chi connectivity index (χ1n) is 15.1. The SMILES string of the molecule is C1=Cc2cc(-n3c4c(c5ccc6c7ccccc7n(-c7ccc(-c8ccccc8)cc7)c6c53)CCC=C4)ccc2CC1. The molecule has 2 aromatic heterocycles. The van der Waals surface area contributed by atoms with Gasteiger partial charge in [0.05, 0.1) is 16.6 Å². The van der Waals surface area contributed by atoms with Gasteiger partial charge in [0.15, 0.2) is 0 Å². The van der Waals surface area contributed by atoms with Gasteiger partial charge in [-0.3, -0.25) is 0 Å². The van der Waals surface area contributed by atoms with Gasteiger partial charge in [-0.25, -0.2) is 0 Å². The Morgan fingerprint density at radius 2 is 1.21 bits per heavy atom. The molecule has 9 rings (SSSR count). The highest BCUT2D eigenvalue weighted by atomic mass is 15.0. The molecule has 0 fully saturated rings. The summed E-state index contributed by atoms with van der Waals surface area (Å²) in [6, 6.07) is 40.4. The summed E-state index contributed by atoms with van der Waals surface area (Å²) < 4.78 is 5.03. The van der Waals surface area contributed by atoms with Crippen molar-refractivity contribution in [1.29, 1.82) is 0 Å². The van der Waals surface area contributed by atoms with Crippen LogP contribution in [0.3, 0.4) is 0 Å². The second kappa shape index (κ2) is 9.22. The molecule has 0 saturated heterocycles. The summed E-state index contributed by atoms with van der Waals surface area (Å²) in [4.78, 5) is 0. The molecular formula is C40H30N2. The molecule has 2 heterocycles. The number of aromatic nitrogens is 2. The summed E-state index contributed by atoms with van der Waals surface area (Å²) in [5.41, 5.74) is 14.3. The molecule has 200 valence electrons. The van der Waals surface area contributed by atoms with Crippen molar-refractivity contribution in [3.05, 3.63) is 144 Å². The van der Waals surface area contributed by atoms with Crippen molar-refractivity contribution < 1.29 is 0 Å². The van der Waals surface area contributed by atoms with Crippen molar-refractivity contribution in [2.45, 2.75) is 25.7 Å². The molecule has 0 saturated carbocycles. The fraction of sp³-hybridized carbons (Fsp3) is 0.100. The van der Waals surface area contributed by atoms with Crippen LogP contribution in [-0.4, -0.2) is 9.13 Å². The number of allylic oxidation sites excluding steroid dienone is 2. The van der Waals surface area contributed by atoms with Gasteiger partial charge in [0.2, 0.25) is 0 Å². The third-order valence-corrected chi connectivity index (χ3v) is 9.24. The van der Waals surface area contributed by atoms with E-state index in [4.69, 9.17) is 0 Å². The Morgan fingerprint density at radius 3 is 2.12 bits per heavy atom. The summed E-state index contributed by atoms with van der Waals surface area (Å²) in [5, 5.41) is 3.94. The molecule has 2 heteroatoms. The van der Waals surface area contributed by atoms with Crippen molar-refractivity contribution in [3.8, 4) is 22.5 Å². The fourth-order valence-electron chi connectivity index (χ4n) is 7.29. The van der Waals surface area contributed by atoms with Gasteiger partial charge in [-0.15, -0.1) is 0 Å². The Kier molecular flexibility index (Phi) is 5.18. The predicted octanol–water partition coefficient (Wildman–Crippen LogP) is 10.3. The van der Waals surface area contributed by atoms with Crippen LogP contribution in [0.2, 0.25) is 0 Å². The van der Waals surface area contributed by atoms with Crippen LogP contribution < -0.4 is 0 Å². The van der Waals surface area contributed by atoms with Crippen LogP contribution >= 0.6 is 0 Å². The van der Waals surface area contributed by atoms with Crippen LogP contribution in [0.4, 0.5) is 0 Å². The number of hydrogen-bond acceptors (Lipinski definition) is 0. The van der Waals surface area contributed by atoms with Gasteiger partial charge in [-0.05, 0) is 89.9 Å². The monoisotopic (exact) mass is 538 g/mol. The maximum atomic E-state index is 2.54. The zero-order chi connectivity index (χ0) is 27.6. The van der Waals surface area contributed by atoms with Crippen molar-refractivity contribution >= 4 is 44.9 Å². The van der Waals surface area contributed by atoms with Crippen LogP contribution in [0.25, 0.3) is 67.4 Å². The third-order valence-electron chi connectivity index (χ3n) is 9.24. The molecule has 0 atom stereocenters. The molecule has 0 spiro atoms. The second-order valence-corrected chi connectivity index (χ2v) is 11.6. The Balaban J connectivity index is 1.39. The van der Waals surface area contributed by atoms with E-state index in [1.807, 2.05) is 0 Å². The quantitative estimate of drug-likeness (QED) is 0.212. The Hall–Kier alpha value is -5.08. The molecule has 0 unspecified atom stereocenters. The zero-order valence-electron chi connectivity index (χ0n) is 23.4. The van der Waals surface area contributed by atoms with Gasteiger partial charge < -0.3 is 9.13 Å². The number of rotatable bonds is 3. The van der Waals surface area contributed by atoms with Crippen LogP contribution in [0.1, 0.15) is 35.2 Å². The number of hydrogen-bond donors (Lipinski definition) is 0. The van der Waals surface area contributed by atoms with Gasteiger partial charge in [0.1, 0.15) is 0 Å². The molecule has 0 aliphatic heterocycles. The van der Waals surface area contributed by atoms with Crippen LogP contribution in [-0.2, 0) is 12.8 Å². The third kappa shape index (κ3) is 3.45. The summed E-state index contributed by atoms with van der Waals surface area (Å²) >= 11 is 0. The van der Waals surface area contributed by atoms with Gasteiger partial charge in [-0.1, -0.05) is 97.1 Å². The largest absolute Gasteiger partial charge is 0.308 e. The second-order valence-electron chi connectivity index (χ2n) is 11.6. The summed E-state index contributed by atoms with van der Waals surface area (Å²) in [5.74, 6) is 0. The summed E-state index contributed by atoms with van der Waals surface area (Å²) in [7, 11) is 0. The fourth-order valence-corrected chi connectivity index (χ4v) is 7.29.